The summed E-state index contributed by atoms with van der Waals surface area (Å²) < 4.78 is 26.4. The zero-order chi connectivity index (χ0) is 14.2. The number of β-amino-alcohol motifs (C(OH)–C–C–N with tert-alkyl or cyclic N) is 1. The molecule has 106 valence electrons. The monoisotopic (exact) mass is 304 g/mol. The van der Waals surface area contributed by atoms with Gasteiger partial charge in [-0.1, -0.05) is 17.7 Å². The zero-order valence-electron chi connectivity index (χ0n) is 10.8. The summed E-state index contributed by atoms with van der Waals surface area (Å²) in [6, 6.07) is 4.31. The SMILES string of the molecule is Cc1ccc(Cl)cc1S(=O)(=O)N(C)[C@H]1CNC[C@@H]1O. The second-order valence-corrected chi connectivity index (χ2v) is 7.13. The van der Waals surface area contributed by atoms with E-state index in [2.05, 4.69) is 5.32 Å². The number of benzene rings is 1. The van der Waals surface area contributed by atoms with Crippen molar-refractivity contribution in [1.82, 2.24) is 9.62 Å². The lowest BCUT2D eigenvalue weighted by Gasteiger charge is -2.26. The van der Waals surface area contributed by atoms with E-state index in [0.29, 0.717) is 23.7 Å². The molecule has 1 fully saturated rings. The molecule has 0 unspecified atom stereocenters. The molecule has 0 aliphatic carbocycles. The summed E-state index contributed by atoms with van der Waals surface area (Å²) in [5.41, 5.74) is 0.636. The lowest BCUT2D eigenvalue weighted by molar-refractivity contribution is 0.136. The number of rotatable bonds is 3. The molecule has 1 aromatic rings. The van der Waals surface area contributed by atoms with Crippen LogP contribution in [-0.4, -0.2) is 50.1 Å². The normalized spacial score (nSPS) is 24.1. The highest BCUT2D eigenvalue weighted by atomic mass is 35.5. The van der Waals surface area contributed by atoms with Crippen LogP contribution in [0.5, 0.6) is 0 Å². The summed E-state index contributed by atoms with van der Waals surface area (Å²) in [4.78, 5) is 0.182. The van der Waals surface area contributed by atoms with Crippen LogP contribution in [0.25, 0.3) is 0 Å². The molecule has 1 heterocycles. The van der Waals surface area contributed by atoms with E-state index in [4.69, 9.17) is 11.6 Å². The third-order valence-corrected chi connectivity index (χ3v) is 5.69. The number of hydrogen-bond donors (Lipinski definition) is 2. The van der Waals surface area contributed by atoms with Crippen molar-refractivity contribution in [3.8, 4) is 0 Å². The molecule has 0 radical (unpaired) electrons. The van der Waals surface area contributed by atoms with E-state index < -0.39 is 22.2 Å². The van der Waals surface area contributed by atoms with Crippen LogP contribution in [-0.2, 0) is 10.0 Å². The molecule has 2 N–H and O–H groups in total. The van der Waals surface area contributed by atoms with Crippen molar-refractivity contribution in [1.29, 1.82) is 0 Å². The fourth-order valence-corrected chi connectivity index (χ4v) is 4.08. The molecule has 1 aliphatic rings. The van der Waals surface area contributed by atoms with Crippen LogP contribution in [0, 0.1) is 6.92 Å². The largest absolute Gasteiger partial charge is 0.390 e. The molecule has 0 spiro atoms. The molecule has 7 heteroatoms. The summed E-state index contributed by atoms with van der Waals surface area (Å²) in [6.45, 7) is 2.57. The van der Waals surface area contributed by atoms with Crippen molar-refractivity contribution in [2.45, 2.75) is 24.0 Å². The Morgan fingerprint density at radius 3 is 2.68 bits per heavy atom. The maximum absolute atomic E-state index is 12.6. The van der Waals surface area contributed by atoms with E-state index in [1.165, 1.54) is 17.4 Å². The Hall–Kier alpha value is -0.660. The third kappa shape index (κ3) is 2.78. The Balaban J connectivity index is 2.39. The van der Waals surface area contributed by atoms with Crippen LogP contribution in [0.3, 0.4) is 0 Å². The number of aliphatic hydroxyl groups excluding tert-OH is 1. The Morgan fingerprint density at radius 2 is 2.11 bits per heavy atom. The highest BCUT2D eigenvalue weighted by Gasteiger charge is 2.36. The van der Waals surface area contributed by atoms with Crippen molar-refractivity contribution < 1.29 is 13.5 Å². The van der Waals surface area contributed by atoms with Crippen molar-refractivity contribution in [3.63, 3.8) is 0 Å². The summed E-state index contributed by atoms with van der Waals surface area (Å²) in [5, 5.41) is 13.1. The summed E-state index contributed by atoms with van der Waals surface area (Å²) >= 11 is 5.87. The minimum absolute atomic E-state index is 0.182. The van der Waals surface area contributed by atoms with Gasteiger partial charge in [-0.25, -0.2) is 8.42 Å². The molecule has 1 aromatic carbocycles. The first kappa shape index (κ1) is 14.7. The van der Waals surface area contributed by atoms with Crippen molar-refractivity contribution in [3.05, 3.63) is 28.8 Å². The molecular weight excluding hydrogens is 288 g/mol. The number of aliphatic hydroxyl groups is 1. The Labute approximate surface area is 118 Å². The van der Waals surface area contributed by atoms with Crippen LogP contribution < -0.4 is 5.32 Å². The van der Waals surface area contributed by atoms with Crippen LogP contribution in [0.4, 0.5) is 0 Å². The number of nitrogens with zero attached hydrogens (tertiary/aromatic N) is 1. The predicted molar refractivity (Wildman–Crippen MR) is 73.8 cm³/mol. The fraction of sp³-hybridized carbons (Fsp3) is 0.500. The van der Waals surface area contributed by atoms with Gasteiger partial charge in [0.2, 0.25) is 10.0 Å². The Kier molecular flexibility index (Phi) is 4.17. The maximum Gasteiger partial charge on any atom is 0.243 e. The topological polar surface area (TPSA) is 69.6 Å². The van der Waals surface area contributed by atoms with E-state index in [0.717, 1.165) is 0 Å². The van der Waals surface area contributed by atoms with Gasteiger partial charge >= 0.3 is 0 Å². The molecule has 2 rings (SSSR count). The number of hydrogen-bond acceptors (Lipinski definition) is 4. The predicted octanol–water partition coefficient (Wildman–Crippen LogP) is 0.602. The molecule has 0 saturated carbocycles. The van der Waals surface area contributed by atoms with Gasteiger partial charge in [-0.3, -0.25) is 0 Å². The average Bonchev–Trinajstić information content (AvgIpc) is 2.77. The van der Waals surface area contributed by atoms with Crippen LogP contribution in [0.1, 0.15) is 5.56 Å². The molecule has 0 amide bonds. The molecule has 1 saturated heterocycles. The quantitative estimate of drug-likeness (QED) is 0.858. The van der Waals surface area contributed by atoms with E-state index in [1.54, 1.807) is 19.1 Å². The van der Waals surface area contributed by atoms with Crippen molar-refractivity contribution >= 4 is 21.6 Å². The maximum atomic E-state index is 12.6. The first-order valence-corrected chi connectivity index (χ1v) is 7.79. The minimum atomic E-state index is -3.66. The van der Waals surface area contributed by atoms with Gasteiger partial charge in [0.1, 0.15) is 0 Å². The zero-order valence-corrected chi connectivity index (χ0v) is 12.4. The smallest absolute Gasteiger partial charge is 0.243 e. The van der Waals surface area contributed by atoms with Crippen molar-refractivity contribution in [2.75, 3.05) is 20.1 Å². The molecule has 19 heavy (non-hydrogen) atoms. The average molecular weight is 305 g/mol. The van der Waals surface area contributed by atoms with Crippen LogP contribution >= 0.6 is 11.6 Å². The minimum Gasteiger partial charge on any atom is -0.390 e. The summed E-state index contributed by atoms with van der Waals surface area (Å²) in [5.74, 6) is 0. The number of nitrogens with one attached hydrogen (secondary N) is 1. The third-order valence-electron chi connectivity index (χ3n) is 3.43. The van der Waals surface area contributed by atoms with E-state index in [9.17, 15) is 13.5 Å². The van der Waals surface area contributed by atoms with Gasteiger partial charge in [-0.05, 0) is 24.6 Å². The van der Waals surface area contributed by atoms with Gasteiger partial charge in [-0.15, -0.1) is 0 Å². The Morgan fingerprint density at radius 1 is 1.42 bits per heavy atom. The first-order chi connectivity index (χ1) is 8.84. The van der Waals surface area contributed by atoms with Crippen molar-refractivity contribution in [2.24, 2.45) is 0 Å². The number of sulfonamides is 1. The van der Waals surface area contributed by atoms with Gasteiger partial charge in [0.05, 0.1) is 17.0 Å². The molecule has 0 bridgehead atoms. The molecule has 0 aromatic heterocycles. The van der Waals surface area contributed by atoms with E-state index in [-0.39, 0.29) is 4.90 Å². The van der Waals surface area contributed by atoms with Gasteiger partial charge in [-0.2, -0.15) is 4.31 Å². The van der Waals surface area contributed by atoms with Crippen LogP contribution in [0.15, 0.2) is 23.1 Å². The second kappa shape index (κ2) is 5.38. The van der Waals surface area contributed by atoms with Gasteiger partial charge in [0.25, 0.3) is 0 Å². The first-order valence-electron chi connectivity index (χ1n) is 5.97. The van der Waals surface area contributed by atoms with Gasteiger partial charge in [0, 0.05) is 25.2 Å². The second-order valence-electron chi connectivity index (χ2n) is 4.72. The summed E-state index contributed by atoms with van der Waals surface area (Å²) in [6.07, 6.45) is -0.695. The molecule has 5 nitrogen and oxygen atoms in total. The fourth-order valence-electron chi connectivity index (χ4n) is 2.21. The van der Waals surface area contributed by atoms with Crippen LogP contribution in [0.2, 0.25) is 5.02 Å². The number of aryl methyl sites for hydroxylation is 1. The van der Waals surface area contributed by atoms with Gasteiger partial charge in [0.15, 0.2) is 0 Å². The highest BCUT2D eigenvalue weighted by molar-refractivity contribution is 7.89. The Bertz CT molecular complexity index is 576. The van der Waals surface area contributed by atoms with Gasteiger partial charge < -0.3 is 10.4 Å². The summed E-state index contributed by atoms with van der Waals surface area (Å²) in [7, 11) is -2.18. The van der Waals surface area contributed by atoms with E-state index in [1.807, 2.05) is 0 Å². The lowest BCUT2D eigenvalue weighted by Crippen LogP contribution is -2.44. The van der Waals surface area contributed by atoms with E-state index >= 15 is 0 Å². The molecule has 2 atom stereocenters. The number of likely N-dealkylation sites (N-methyl/N-ethyl adjacent to an activating group) is 1. The highest BCUT2D eigenvalue weighted by Crippen LogP contribution is 2.25. The number of halogens is 1. The standard InChI is InChI=1S/C12H17ClN2O3S/c1-8-3-4-9(13)5-12(8)19(17,18)15(2)10-6-14-7-11(10)16/h3-5,10-11,14,16H,6-7H2,1-2H3/t10-,11-/m0/s1. The molecular formula is C12H17ClN2O3S. The lowest BCUT2D eigenvalue weighted by atomic mass is 10.2. The molecule has 1 aliphatic heterocycles.